The smallest absolute Gasteiger partial charge is 0.283 e. The second kappa shape index (κ2) is 9.65. The van der Waals surface area contributed by atoms with Crippen LogP contribution in [0.25, 0.3) is 0 Å². The van der Waals surface area contributed by atoms with Gasteiger partial charge in [0.05, 0.1) is 25.6 Å². The van der Waals surface area contributed by atoms with Gasteiger partial charge in [0.1, 0.15) is 22.1 Å². The number of nitrogens with one attached hydrogen (secondary N) is 1. The van der Waals surface area contributed by atoms with Crippen LogP contribution in [0.3, 0.4) is 0 Å². The number of benzene rings is 3. The minimum atomic E-state index is -0.414. The zero-order chi connectivity index (χ0) is 24.4. The molecule has 0 unspecified atom stereocenters. The zero-order valence-corrected chi connectivity index (χ0v) is 20.6. The normalized spacial score (nSPS) is 13.5. The lowest BCUT2D eigenvalue weighted by Crippen LogP contribution is -2.32. The van der Waals surface area contributed by atoms with Gasteiger partial charge in [-0.2, -0.15) is 0 Å². The molecular formula is C27H26N2O4S. The Kier molecular flexibility index (Phi) is 6.65. The molecule has 0 radical (unpaired) electrons. The maximum Gasteiger partial charge on any atom is 0.283 e. The number of amides is 2. The first kappa shape index (κ1) is 23.4. The fourth-order valence-corrected chi connectivity index (χ4v) is 4.72. The predicted octanol–water partition coefficient (Wildman–Crippen LogP) is 5.62. The van der Waals surface area contributed by atoms with Crippen molar-refractivity contribution in [1.29, 1.82) is 0 Å². The van der Waals surface area contributed by atoms with Gasteiger partial charge in [0.25, 0.3) is 11.8 Å². The number of imide groups is 1. The van der Waals surface area contributed by atoms with Crippen LogP contribution >= 0.6 is 11.8 Å². The second-order valence-corrected chi connectivity index (χ2v) is 9.19. The summed E-state index contributed by atoms with van der Waals surface area (Å²) in [6.07, 6.45) is 0. The number of hydrogen-bond acceptors (Lipinski definition) is 6. The van der Waals surface area contributed by atoms with E-state index in [0.29, 0.717) is 27.8 Å². The Morgan fingerprint density at radius 1 is 0.765 bits per heavy atom. The third kappa shape index (κ3) is 4.65. The molecule has 1 N–H and O–H groups in total. The van der Waals surface area contributed by atoms with E-state index >= 15 is 0 Å². The molecule has 3 aromatic rings. The average molecular weight is 475 g/mol. The molecule has 3 aromatic carbocycles. The highest BCUT2D eigenvalue weighted by Crippen LogP contribution is 2.40. The van der Waals surface area contributed by atoms with Crippen LogP contribution in [0.4, 0.5) is 11.4 Å². The van der Waals surface area contributed by atoms with E-state index in [1.54, 1.807) is 32.4 Å². The quantitative estimate of drug-likeness (QED) is 0.449. The van der Waals surface area contributed by atoms with Crippen LogP contribution in [0.2, 0.25) is 0 Å². The number of aryl methyl sites for hydroxylation is 3. The minimum Gasteiger partial charge on any atom is -0.497 e. The Morgan fingerprint density at radius 2 is 1.44 bits per heavy atom. The van der Waals surface area contributed by atoms with Gasteiger partial charge in [0, 0.05) is 11.0 Å². The molecule has 174 valence electrons. The summed E-state index contributed by atoms with van der Waals surface area (Å²) >= 11 is 1.27. The summed E-state index contributed by atoms with van der Waals surface area (Å²) < 4.78 is 10.8. The average Bonchev–Trinajstić information content (AvgIpc) is 3.04. The van der Waals surface area contributed by atoms with E-state index in [9.17, 15) is 9.59 Å². The van der Waals surface area contributed by atoms with Crippen LogP contribution in [0.15, 0.2) is 76.2 Å². The number of carbonyl (C=O) groups is 2. The van der Waals surface area contributed by atoms with Crippen LogP contribution in [0.5, 0.6) is 11.5 Å². The number of ether oxygens (including phenoxy) is 2. The summed E-state index contributed by atoms with van der Waals surface area (Å²) in [5.74, 6) is 0.339. The van der Waals surface area contributed by atoms with Crippen LogP contribution in [-0.4, -0.2) is 26.0 Å². The number of rotatable bonds is 7. The van der Waals surface area contributed by atoms with Gasteiger partial charge < -0.3 is 14.8 Å². The van der Waals surface area contributed by atoms with Crippen LogP contribution in [-0.2, 0) is 9.59 Å². The number of methoxy groups -OCH3 is 2. The number of hydrogen-bond donors (Lipinski definition) is 1. The van der Waals surface area contributed by atoms with Crippen molar-refractivity contribution in [3.05, 3.63) is 88.0 Å². The second-order valence-electron chi connectivity index (χ2n) is 8.10. The molecular weight excluding hydrogens is 448 g/mol. The molecule has 6 nitrogen and oxygen atoms in total. The molecule has 1 heterocycles. The lowest BCUT2D eigenvalue weighted by Gasteiger charge is -2.17. The molecule has 0 aromatic heterocycles. The number of carbonyl (C=O) groups excluding carboxylic acids is 2. The van der Waals surface area contributed by atoms with Gasteiger partial charge in [-0.25, -0.2) is 4.90 Å². The van der Waals surface area contributed by atoms with Gasteiger partial charge in [-0.05, 0) is 68.3 Å². The molecule has 0 aliphatic carbocycles. The van der Waals surface area contributed by atoms with Crippen LogP contribution in [0, 0.1) is 20.8 Å². The van der Waals surface area contributed by atoms with E-state index in [4.69, 9.17) is 9.47 Å². The molecule has 0 spiro atoms. The van der Waals surface area contributed by atoms with Crippen molar-refractivity contribution in [1.82, 2.24) is 0 Å². The van der Waals surface area contributed by atoms with Crippen LogP contribution in [0.1, 0.15) is 16.7 Å². The van der Waals surface area contributed by atoms with Crippen molar-refractivity contribution in [2.75, 3.05) is 24.4 Å². The van der Waals surface area contributed by atoms with Gasteiger partial charge in [-0.3, -0.25) is 9.59 Å². The molecule has 4 rings (SSSR count). The van der Waals surface area contributed by atoms with Crippen molar-refractivity contribution in [3.63, 3.8) is 0 Å². The summed E-state index contributed by atoms with van der Waals surface area (Å²) in [5.41, 5.74) is 4.38. The summed E-state index contributed by atoms with van der Waals surface area (Å²) in [6, 6.07) is 18.8. The van der Waals surface area contributed by atoms with Gasteiger partial charge >= 0.3 is 0 Å². The van der Waals surface area contributed by atoms with E-state index in [1.165, 1.54) is 16.7 Å². The monoisotopic (exact) mass is 474 g/mol. The van der Waals surface area contributed by atoms with E-state index < -0.39 is 5.91 Å². The first-order chi connectivity index (χ1) is 16.3. The molecule has 2 amide bonds. The molecule has 7 heteroatoms. The van der Waals surface area contributed by atoms with Crippen molar-refractivity contribution < 1.29 is 19.1 Å². The largest absolute Gasteiger partial charge is 0.497 e. The minimum absolute atomic E-state index is 0.207. The molecule has 0 saturated heterocycles. The van der Waals surface area contributed by atoms with Gasteiger partial charge in [-0.15, -0.1) is 0 Å². The molecule has 34 heavy (non-hydrogen) atoms. The molecule has 0 atom stereocenters. The highest BCUT2D eigenvalue weighted by molar-refractivity contribution is 8.04. The Labute approximate surface area is 203 Å². The Hall–Kier alpha value is -3.71. The summed E-state index contributed by atoms with van der Waals surface area (Å²) in [6.45, 7) is 5.89. The van der Waals surface area contributed by atoms with E-state index in [0.717, 1.165) is 21.6 Å². The Morgan fingerprint density at radius 3 is 2.06 bits per heavy atom. The Balaban J connectivity index is 1.78. The van der Waals surface area contributed by atoms with Gasteiger partial charge in [0.15, 0.2) is 0 Å². The number of nitrogens with zero attached hydrogens (tertiary/aromatic N) is 1. The first-order valence-electron chi connectivity index (χ1n) is 10.8. The predicted molar refractivity (Wildman–Crippen MR) is 136 cm³/mol. The van der Waals surface area contributed by atoms with Crippen molar-refractivity contribution >= 4 is 35.0 Å². The molecule has 0 bridgehead atoms. The van der Waals surface area contributed by atoms with Crippen molar-refractivity contribution in [2.45, 2.75) is 25.7 Å². The van der Waals surface area contributed by atoms with Crippen LogP contribution < -0.4 is 19.7 Å². The highest BCUT2D eigenvalue weighted by atomic mass is 32.2. The van der Waals surface area contributed by atoms with Gasteiger partial charge in [-0.1, -0.05) is 35.5 Å². The standard InChI is InChI=1S/C27H26N2O4S/c1-16-6-9-21(10-7-16)34-25-24(28-22-11-8-20(32-4)15-23(22)33-5)26(30)29(27(25)31)19-13-17(2)12-18(3)14-19/h6-15,28H,1-5H3. The third-order valence-corrected chi connectivity index (χ3v) is 6.51. The lowest BCUT2D eigenvalue weighted by atomic mass is 10.1. The fraction of sp³-hybridized carbons (Fsp3) is 0.185. The fourth-order valence-electron chi connectivity index (χ4n) is 3.79. The molecule has 0 fully saturated rings. The van der Waals surface area contributed by atoms with Crippen molar-refractivity contribution in [3.8, 4) is 11.5 Å². The summed E-state index contributed by atoms with van der Waals surface area (Å²) in [5, 5.41) is 3.17. The van der Waals surface area contributed by atoms with Gasteiger partial charge in [0.2, 0.25) is 0 Å². The molecule has 1 aliphatic rings. The SMILES string of the molecule is COc1ccc(NC2=C(Sc3ccc(C)cc3)C(=O)N(c3cc(C)cc(C)c3)C2=O)c(OC)c1. The summed E-state index contributed by atoms with van der Waals surface area (Å²) in [4.78, 5) is 29.6. The lowest BCUT2D eigenvalue weighted by molar-refractivity contribution is -0.120. The van der Waals surface area contributed by atoms with E-state index in [-0.39, 0.29) is 11.6 Å². The van der Waals surface area contributed by atoms with E-state index in [2.05, 4.69) is 5.32 Å². The third-order valence-electron chi connectivity index (χ3n) is 5.42. The van der Waals surface area contributed by atoms with Crippen molar-refractivity contribution in [2.24, 2.45) is 0 Å². The number of anilines is 2. The Bertz CT molecular complexity index is 1280. The molecule has 0 saturated carbocycles. The highest BCUT2D eigenvalue weighted by Gasteiger charge is 2.40. The summed E-state index contributed by atoms with van der Waals surface area (Å²) in [7, 11) is 3.11. The number of thioether (sulfide) groups is 1. The molecule has 1 aliphatic heterocycles. The van der Waals surface area contributed by atoms with E-state index in [1.807, 2.05) is 63.2 Å². The topological polar surface area (TPSA) is 67.9 Å². The maximum atomic E-state index is 13.6. The zero-order valence-electron chi connectivity index (χ0n) is 19.8. The maximum absolute atomic E-state index is 13.6. The first-order valence-corrected chi connectivity index (χ1v) is 11.6.